The van der Waals surface area contributed by atoms with Crippen LogP contribution in [0, 0.1) is 0 Å². The fraction of sp³-hybridized carbons (Fsp3) is 0.438. The summed E-state index contributed by atoms with van der Waals surface area (Å²) in [6, 6.07) is 4.77. The van der Waals surface area contributed by atoms with E-state index in [0.717, 1.165) is 29.5 Å². The molecule has 1 saturated heterocycles. The molecule has 0 radical (unpaired) electrons. The van der Waals surface area contributed by atoms with Crippen LogP contribution < -0.4 is 15.0 Å². The van der Waals surface area contributed by atoms with Crippen LogP contribution in [0.4, 0.5) is 20.3 Å². The number of alkyl halides is 2. The molecule has 1 amide bonds. The van der Waals surface area contributed by atoms with E-state index in [1.807, 2.05) is 6.07 Å². The first-order valence-corrected chi connectivity index (χ1v) is 8.04. The molecule has 2 aromatic rings. The first kappa shape index (κ1) is 17.1. The summed E-state index contributed by atoms with van der Waals surface area (Å²) in [5.41, 5.74) is 0.989. The summed E-state index contributed by atoms with van der Waals surface area (Å²) in [6.07, 6.45) is 5.30. The lowest BCUT2D eigenvalue weighted by Gasteiger charge is -2.28. The predicted octanol–water partition coefficient (Wildman–Crippen LogP) is 2.66. The fourth-order valence-electron chi connectivity index (χ4n) is 2.74. The SMILES string of the molecule is Cn1nc(C(=O)Nc2ccc(N3CCCCC3)cn2)cc1OC(F)F. The molecule has 0 spiro atoms. The van der Waals surface area contributed by atoms with Gasteiger partial charge in [-0.1, -0.05) is 0 Å². The Bertz CT molecular complexity index is 727. The molecule has 1 N–H and O–H groups in total. The van der Waals surface area contributed by atoms with E-state index < -0.39 is 12.5 Å². The molecule has 134 valence electrons. The number of anilines is 2. The number of ether oxygens (including phenoxy) is 1. The molecule has 9 heteroatoms. The number of amides is 1. The van der Waals surface area contributed by atoms with E-state index in [9.17, 15) is 13.6 Å². The normalized spacial score (nSPS) is 14.6. The maximum atomic E-state index is 12.3. The first-order valence-electron chi connectivity index (χ1n) is 8.04. The van der Waals surface area contributed by atoms with E-state index in [4.69, 9.17) is 0 Å². The molecule has 7 nitrogen and oxygen atoms in total. The summed E-state index contributed by atoms with van der Waals surface area (Å²) < 4.78 is 29.9. The van der Waals surface area contributed by atoms with E-state index in [1.165, 1.54) is 26.3 Å². The van der Waals surface area contributed by atoms with Gasteiger partial charge in [0.2, 0.25) is 5.88 Å². The molecule has 0 unspecified atom stereocenters. The second-order valence-electron chi connectivity index (χ2n) is 5.77. The van der Waals surface area contributed by atoms with Crippen molar-refractivity contribution in [3.63, 3.8) is 0 Å². The number of hydrogen-bond acceptors (Lipinski definition) is 5. The quantitative estimate of drug-likeness (QED) is 0.897. The number of nitrogens with zero attached hydrogens (tertiary/aromatic N) is 4. The Morgan fingerprint density at radius 1 is 1.28 bits per heavy atom. The Morgan fingerprint density at radius 3 is 2.68 bits per heavy atom. The lowest BCUT2D eigenvalue weighted by molar-refractivity contribution is -0.0553. The number of rotatable bonds is 5. The van der Waals surface area contributed by atoms with Gasteiger partial charge in [0.05, 0.1) is 11.9 Å². The predicted molar refractivity (Wildman–Crippen MR) is 88.1 cm³/mol. The van der Waals surface area contributed by atoms with Gasteiger partial charge < -0.3 is 15.0 Å². The molecule has 1 fully saturated rings. The maximum Gasteiger partial charge on any atom is 0.388 e. The molecular formula is C16H19F2N5O2. The van der Waals surface area contributed by atoms with Gasteiger partial charge in [0.1, 0.15) is 5.82 Å². The van der Waals surface area contributed by atoms with Crippen molar-refractivity contribution in [2.45, 2.75) is 25.9 Å². The van der Waals surface area contributed by atoms with E-state index in [0.29, 0.717) is 5.82 Å². The number of carbonyl (C=O) groups excluding carboxylic acids is 1. The number of aromatic nitrogens is 3. The Balaban J connectivity index is 1.64. The van der Waals surface area contributed by atoms with Gasteiger partial charge in [-0.3, -0.25) is 4.79 Å². The highest BCUT2D eigenvalue weighted by Crippen LogP contribution is 2.20. The number of halogens is 2. The largest absolute Gasteiger partial charge is 0.417 e. The van der Waals surface area contributed by atoms with E-state index in [2.05, 4.69) is 25.0 Å². The number of aryl methyl sites for hydroxylation is 1. The average molecular weight is 351 g/mol. The number of nitrogens with one attached hydrogen (secondary N) is 1. The number of hydrogen-bond donors (Lipinski definition) is 1. The van der Waals surface area contributed by atoms with Crippen molar-refractivity contribution in [2.75, 3.05) is 23.3 Å². The monoisotopic (exact) mass is 351 g/mol. The van der Waals surface area contributed by atoms with Gasteiger partial charge in [0, 0.05) is 26.2 Å². The lowest BCUT2D eigenvalue weighted by atomic mass is 10.1. The maximum absolute atomic E-state index is 12.3. The standard InChI is InChI=1S/C16H19F2N5O2/c1-22-14(25-16(17)18)9-12(21-22)15(24)20-13-6-5-11(10-19-13)23-7-3-2-4-8-23/h5-6,9-10,16H,2-4,7-8H2,1H3,(H,19,20,24). The minimum absolute atomic E-state index is 0.0277. The van der Waals surface area contributed by atoms with Crippen molar-refractivity contribution in [3.8, 4) is 5.88 Å². The van der Waals surface area contributed by atoms with E-state index in [1.54, 1.807) is 12.3 Å². The number of piperidine rings is 1. The zero-order valence-electron chi connectivity index (χ0n) is 13.8. The molecule has 3 rings (SSSR count). The second kappa shape index (κ2) is 7.45. The molecular weight excluding hydrogens is 332 g/mol. The summed E-state index contributed by atoms with van der Waals surface area (Å²) in [6.45, 7) is -0.960. The average Bonchev–Trinajstić information content (AvgIpc) is 2.96. The fourth-order valence-corrected chi connectivity index (χ4v) is 2.74. The van der Waals surface area contributed by atoms with E-state index >= 15 is 0 Å². The third-order valence-corrected chi connectivity index (χ3v) is 3.99. The Labute approximate surface area is 143 Å². The summed E-state index contributed by atoms with van der Waals surface area (Å²) >= 11 is 0. The van der Waals surface area contributed by atoms with Crippen molar-refractivity contribution in [2.24, 2.45) is 7.05 Å². The van der Waals surface area contributed by atoms with Crippen LogP contribution in [0.2, 0.25) is 0 Å². The summed E-state index contributed by atoms with van der Waals surface area (Å²) in [5.74, 6) is -0.362. The number of pyridine rings is 1. The molecule has 25 heavy (non-hydrogen) atoms. The van der Waals surface area contributed by atoms with Crippen molar-refractivity contribution in [1.82, 2.24) is 14.8 Å². The smallest absolute Gasteiger partial charge is 0.388 e. The second-order valence-corrected chi connectivity index (χ2v) is 5.77. The lowest BCUT2D eigenvalue weighted by Crippen LogP contribution is -2.29. The van der Waals surface area contributed by atoms with Crippen LogP contribution in [0.5, 0.6) is 5.88 Å². The van der Waals surface area contributed by atoms with E-state index in [-0.39, 0.29) is 11.6 Å². The van der Waals surface area contributed by atoms with Crippen LogP contribution in [-0.4, -0.2) is 40.4 Å². The Hall–Kier alpha value is -2.71. The van der Waals surface area contributed by atoms with Gasteiger partial charge in [-0.15, -0.1) is 0 Å². The van der Waals surface area contributed by atoms with Crippen molar-refractivity contribution in [3.05, 3.63) is 30.1 Å². The van der Waals surface area contributed by atoms with Gasteiger partial charge in [-0.2, -0.15) is 13.9 Å². The third-order valence-electron chi connectivity index (χ3n) is 3.99. The molecule has 2 aromatic heterocycles. The molecule has 0 saturated carbocycles. The summed E-state index contributed by atoms with van der Waals surface area (Å²) in [4.78, 5) is 18.7. The molecule has 3 heterocycles. The molecule has 0 aliphatic carbocycles. The molecule has 0 atom stereocenters. The van der Waals surface area contributed by atoms with Crippen LogP contribution in [0.1, 0.15) is 29.8 Å². The third kappa shape index (κ3) is 4.23. The zero-order valence-corrected chi connectivity index (χ0v) is 13.8. The molecule has 0 aromatic carbocycles. The summed E-state index contributed by atoms with van der Waals surface area (Å²) in [5, 5.41) is 6.46. The minimum atomic E-state index is -2.98. The van der Waals surface area contributed by atoms with Crippen LogP contribution in [-0.2, 0) is 7.05 Å². The zero-order chi connectivity index (χ0) is 17.8. The highest BCUT2D eigenvalue weighted by Gasteiger charge is 2.17. The number of carbonyl (C=O) groups is 1. The van der Waals surface area contributed by atoms with Crippen LogP contribution in [0.25, 0.3) is 0 Å². The van der Waals surface area contributed by atoms with Crippen LogP contribution in [0.3, 0.4) is 0 Å². The highest BCUT2D eigenvalue weighted by atomic mass is 19.3. The van der Waals surface area contributed by atoms with Crippen molar-refractivity contribution >= 4 is 17.4 Å². The topological polar surface area (TPSA) is 72.3 Å². The van der Waals surface area contributed by atoms with Gasteiger partial charge in [0.15, 0.2) is 5.69 Å². The Morgan fingerprint density at radius 2 is 2.04 bits per heavy atom. The molecule has 0 bridgehead atoms. The molecule has 1 aliphatic heterocycles. The summed E-state index contributed by atoms with van der Waals surface area (Å²) in [7, 11) is 1.42. The van der Waals surface area contributed by atoms with Gasteiger partial charge in [0.25, 0.3) is 5.91 Å². The van der Waals surface area contributed by atoms with Gasteiger partial charge in [-0.25, -0.2) is 9.67 Å². The first-order chi connectivity index (χ1) is 12.0. The van der Waals surface area contributed by atoms with Gasteiger partial charge in [-0.05, 0) is 31.4 Å². The molecule has 1 aliphatic rings. The Kier molecular flexibility index (Phi) is 5.11. The van der Waals surface area contributed by atoms with Crippen molar-refractivity contribution in [1.29, 1.82) is 0 Å². The highest BCUT2D eigenvalue weighted by molar-refractivity contribution is 6.02. The van der Waals surface area contributed by atoms with Gasteiger partial charge >= 0.3 is 6.61 Å². The minimum Gasteiger partial charge on any atom is -0.417 e. The van der Waals surface area contributed by atoms with Crippen molar-refractivity contribution < 1.29 is 18.3 Å². The van der Waals surface area contributed by atoms with Crippen LogP contribution >= 0.6 is 0 Å². The van der Waals surface area contributed by atoms with Crippen LogP contribution in [0.15, 0.2) is 24.4 Å².